The molecular formula is C39H53ClN4O4S. The highest BCUT2D eigenvalue weighted by Crippen LogP contribution is 2.52. The SMILES string of the molecule is C=S1(=O)NC(=O)c2ccc3c(c2)N(C[C@@H]2CC[C@H]2[C@@]2(CCC[C@H](C)[C@H]1C)CC(N(C)CCC)=NO2)C[C@@]1(CCCc2cc(Cl)ccc21)CO3. The average molecular weight is 709 g/mol. The Morgan fingerprint density at radius 2 is 1.98 bits per heavy atom. The maximum atomic E-state index is 14.0. The molecule has 10 heteroatoms. The molecule has 7 rings (SSSR count). The van der Waals surface area contributed by atoms with Gasteiger partial charge in [-0.15, -0.1) is 0 Å². The van der Waals surface area contributed by atoms with Crippen LogP contribution in [-0.4, -0.2) is 70.9 Å². The van der Waals surface area contributed by atoms with Crippen molar-refractivity contribution < 1.29 is 18.6 Å². The number of amidine groups is 1. The Bertz CT molecular complexity index is 1730. The summed E-state index contributed by atoms with van der Waals surface area (Å²) in [5, 5.41) is 5.22. The van der Waals surface area contributed by atoms with Crippen LogP contribution >= 0.6 is 11.6 Å². The number of aryl methyl sites for hydroxylation is 1. The second-order valence-corrected chi connectivity index (χ2v) is 18.6. The van der Waals surface area contributed by atoms with Crippen LogP contribution in [0.2, 0.25) is 5.02 Å². The summed E-state index contributed by atoms with van der Waals surface area (Å²) in [5.74, 6) is 6.40. The van der Waals surface area contributed by atoms with Gasteiger partial charge in [-0.1, -0.05) is 36.7 Å². The molecule has 2 aromatic rings. The van der Waals surface area contributed by atoms with E-state index in [1.165, 1.54) is 11.1 Å². The number of oxime groups is 1. The van der Waals surface area contributed by atoms with Gasteiger partial charge < -0.3 is 19.4 Å². The van der Waals surface area contributed by atoms with Crippen molar-refractivity contribution in [3.8, 4) is 5.75 Å². The van der Waals surface area contributed by atoms with E-state index in [0.717, 1.165) is 106 Å². The van der Waals surface area contributed by atoms with Crippen molar-refractivity contribution in [3.63, 3.8) is 0 Å². The van der Waals surface area contributed by atoms with E-state index in [4.69, 9.17) is 26.3 Å². The molecule has 2 spiro atoms. The maximum absolute atomic E-state index is 14.0. The van der Waals surface area contributed by atoms with E-state index < -0.39 is 9.71 Å². The first kappa shape index (κ1) is 34.5. The monoisotopic (exact) mass is 708 g/mol. The fraction of sp³-hybridized carbons (Fsp3) is 0.615. The highest BCUT2D eigenvalue weighted by molar-refractivity contribution is 7.99. The van der Waals surface area contributed by atoms with Crippen LogP contribution in [0.3, 0.4) is 0 Å². The molecular weight excluding hydrogens is 656 g/mol. The number of ether oxygens (including phenoxy) is 1. The van der Waals surface area contributed by atoms with Crippen LogP contribution < -0.4 is 14.4 Å². The fourth-order valence-corrected chi connectivity index (χ4v) is 11.0. The number of hydrogen-bond donors (Lipinski definition) is 1. The van der Waals surface area contributed by atoms with Crippen molar-refractivity contribution in [2.24, 2.45) is 22.9 Å². The summed E-state index contributed by atoms with van der Waals surface area (Å²) in [5.41, 5.74) is 3.43. The number of fused-ring (bicyclic) bond motifs is 5. The molecule has 5 aliphatic rings. The molecule has 266 valence electrons. The minimum absolute atomic E-state index is 0.109. The van der Waals surface area contributed by atoms with Gasteiger partial charge in [0.15, 0.2) is 0 Å². The largest absolute Gasteiger partial charge is 0.490 e. The quantitative estimate of drug-likeness (QED) is 0.332. The second kappa shape index (κ2) is 13.3. The minimum Gasteiger partial charge on any atom is -0.490 e. The Morgan fingerprint density at radius 1 is 1.14 bits per heavy atom. The zero-order valence-corrected chi connectivity index (χ0v) is 31.2. The van der Waals surface area contributed by atoms with Crippen LogP contribution in [0.4, 0.5) is 5.69 Å². The van der Waals surface area contributed by atoms with Crippen LogP contribution in [-0.2, 0) is 26.4 Å². The number of carbonyl (C=O) groups excluding carboxylic acids is 1. The van der Waals surface area contributed by atoms with Crippen LogP contribution in [0.15, 0.2) is 41.6 Å². The minimum atomic E-state index is -2.91. The number of hydrogen-bond acceptors (Lipinski definition) is 7. The second-order valence-electron chi connectivity index (χ2n) is 15.7. The number of nitrogens with one attached hydrogen (secondary N) is 1. The number of halogens is 1. The number of nitrogens with zero attached hydrogens (tertiary/aromatic N) is 3. The fourth-order valence-electron chi connectivity index (χ4n) is 9.32. The first-order chi connectivity index (χ1) is 23.4. The molecule has 0 radical (unpaired) electrons. The van der Waals surface area contributed by atoms with Gasteiger partial charge in [0.1, 0.15) is 17.2 Å². The Labute approximate surface area is 298 Å². The number of carbonyl (C=O) groups is 1. The number of rotatable bonds is 2. The zero-order valence-electron chi connectivity index (χ0n) is 29.6. The van der Waals surface area contributed by atoms with Gasteiger partial charge in [-0.25, -0.2) is 4.21 Å². The number of benzene rings is 2. The van der Waals surface area contributed by atoms with Gasteiger partial charge in [0, 0.05) is 53.9 Å². The van der Waals surface area contributed by atoms with Gasteiger partial charge in [-0.05, 0) is 124 Å². The summed E-state index contributed by atoms with van der Waals surface area (Å²) in [7, 11) is -0.788. The lowest BCUT2D eigenvalue weighted by atomic mass is 9.62. The third-order valence-electron chi connectivity index (χ3n) is 12.6. The molecule has 8 nitrogen and oxygen atoms in total. The van der Waals surface area contributed by atoms with Crippen LogP contribution in [0.1, 0.15) is 100 Å². The lowest BCUT2D eigenvalue weighted by Gasteiger charge is -2.49. The molecule has 3 heterocycles. The number of anilines is 1. The summed E-state index contributed by atoms with van der Waals surface area (Å²) >= 11 is 6.49. The zero-order chi connectivity index (χ0) is 34.6. The van der Waals surface area contributed by atoms with Crippen molar-refractivity contribution in [1.82, 2.24) is 9.62 Å². The Hall–Kier alpha value is -2.91. The molecule has 1 unspecified atom stereocenters. The molecule has 1 amide bonds. The Kier molecular flexibility index (Phi) is 9.39. The molecule has 3 aliphatic heterocycles. The third kappa shape index (κ3) is 6.43. The van der Waals surface area contributed by atoms with E-state index in [1.807, 2.05) is 25.1 Å². The molecule has 2 aliphatic carbocycles. The molecule has 1 N–H and O–H groups in total. The van der Waals surface area contributed by atoms with Gasteiger partial charge in [0.05, 0.1) is 28.4 Å². The third-order valence-corrected chi connectivity index (χ3v) is 15.0. The van der Waals surface area contributed by atoms with Crippen molar-refractivity contribution in [2.75, 3.05) is 38.2 Å². The van der Waals surface area contributed by atoms with Gasteiger partial charge in [-0.3, -0.25) is 9.52 Å². The van der Waals surface area contributed by atoms with Gasteiger partial charge in [0.25, 0.3) is 5.91 Å². The molecule has 1 saturated carbocycles. The standard InChI is InChI=1S/C39H53ClN4O4S/c1-6-19-43(4)36-22-39(48-41-36)18-7-9-26(2)27(3)49(5,46)42-37(45)29-12-16-35-34(21-29)44(23-30-11-14-33(30)39)24-38(25-47-35)17-8-10-28-20-31(40)13-15-32(28)38/h12-13,15-16,20-21,26-27,30,33H,5-11,14,17-19,22-25H2,1-4H3,(H,42,45,46)/t26-,27+,30-,33+,38-,39+,49?/m0/s1. The smallest absolute Gasteiger partial charge is 0.262 e. The first-order valence-electron chi connectivity index (χ1n) is 18.4. The van der Waals surface area contributed by atoms with E-state index in [-0.39, 0.29) is 28.1 Å². The lowest BCUT2D eigenvalue weighted by molar-refractivity contribution is -0.118. The van der Waals surface area contributed by atoms with Crippen LogP contribution in [0.5, 0.6) is 5.75 Å². The molecule has 2 bridgehead atoms. The summed E-state index contributed by atoms with van der Waals surface area (Å²) in [6.45, 7) is 9.39. The van der Waals surface area contributed by atoms with Gasteiger partial charge >= 0.3 is 0 Å². The highest BCUT2D eigenvalue weighted by Gasteiger charge is 2.54. The van der Waals surface area contributed by atoms with E-state index >= 15 is 0 Å². The lowest BCUT2D eigenvalue weighted by Crippen LogP contribution is -2.53. The topological polar surface area (TPSA) is 83.5 Å². The molecule has 0 aromatic heterocycles. The van der Waals surface area contributed by atoms with E-state index in [9.17, 15) is 9.00 Å². The van der Waals surface area contributed by atoms with Crippen molar-refractivity contribution in [2.45, 2.75) is 101 Å². The number of amides is 1. The van der Waals surface area contributed by atoms with E-state index in [2.05, 4.69) is 53.4 Å². The van der Waals surface area contributed by atoms with Gasteiger partial charge in [-0.2, -0.15) is 0 Å². The summed E-state index contributed by atoms with van der Waals surface area (Å²) in [4.78, 5) is 25.1. The van der Waals surface area contributed by atoms with Gasteiger partial charge in [0.2, 0.25) is 0 Å². The van der Waals surface area contributed by atoms with Crippen molar-refractivity contribution in [3.05, 3.63) is 58.1 Å². The van der Waals surface area contributed by atoms with Crippen LogP contribution in [0, 0.1) is 17.8 Å². The van der Waals surface area contributed by atoms with Crippen molar-refractivity contribution in [1.29, 1.82) is 0 Å². The molecule has 1 fully saturated rings. The Balaban J connectivity index is 1.29. The molecule has 7 atom stereocenters. The molecule has 0 saturated heterocycles. The van der Waals surface area contributed by atoms with E-state index in [0.29, 0.717) is 24.0 Å². The van der Waals surface area contributed by atoms with Crippen molar-refractivity contribution >= 4 is 44.6 Å². The van der Waals surface area contributed by atoms with E-state index in [1.54, 1.807) is 6.07 Å². The summed E-state index contributed by atoms with van der Waals surface area (Å²) < 4.78 is 23.5. The first-order valence-corrected chi connectivity index (χ1v) is 20.6. The highest BCUT2D eigenvalue weighted by atomic mass is 35.5. The van der Waals surface area contributed by atoms with Crippen LogP contribution in [0.25, 0.3) is 0 Å². The predicted octanol–water partition coefficient (Wildman–Crippen LogP) is 7.22. The average Bonchev–Trinajstić information content (AvgIpc) is 3.41. The Morgan fingerprint density at radius 3 is 2.76 bits per heavy atom. The summed E-state index contributed by atoms with van der Waals surface area (Å²) in [6, 6.07) is 12.0. The predicted molar refractivity (Wildman–Crippen MR) is 200 cm³/mol. The molecule has 2 aromatic carbocycles. The normalized spacial score (nSPS) is 34.4. The maximum Gasteiger partial charge on any atom is 0.262 e. The summed E-state index contributed by atoms with van der Waals surface area (Å²) in [6.07, 6.45) is 9.90. The molecule has 49 heavy (non-hydrogen) atoms.